The largest absolute Gasteiger partial charge is 0.484 e. The van der Waals surface area contributed by atoms with Gasteiger partial charge in [0.05, 0.1) is 11.1 Å². The molecule has 3 rings (SSSR count). The average Bonchev–Trinajstić information content (AvgIpc) is 3.11. The summed E-state index contributed by atoms with van der Waals surface area (Å²) in [5.41, 5.74) is 0.960. The Labute approximate surface area is 135 Å². The van der Waals surface area contributed by atoms with Crippen molar-refractivity contribution in [3.05, 3.63) is 53.9 Å². The van der Waals surface area contributed by atoms with Crippen LogP contribution >= 0.6 is 0 Å². The van der Waals surface area contributed by atoms with E-state index in [0.717, 1.165) is 0 Å². The van der Waals surface area contributed by atoms with Gasteiger partial charge in [-0.2, -0.15) is 8.78 Å². The van der Waals surface area contributed by atoms with Gasteiger partial charge in [0.2, 0.25) is 0 Å². The molecular formula is C16H10F2N4O2. The number of para-hydroxylation sites is 1. The van der Waals surface area contributed by atoms with Gasteiger partial charge in [-0.3, -0.25) is 0 Å². The van der Waals surface area contributed by atoms with Gasteiger partial charge in [0.15, 0.2) is 5.82 Å². The van der Waals surface area contributed by atoms with Crippen LogP contribution in [0.1, 0.15) is 23.7 Å². The molecule has 2 heterocycles. The van der Waals surface area contributed by atoms with Crippen molar-refractivity contribution in [2.45, 2.75) is 13.0 Å². The van der Waals surface area contributed by atoms with Crippen LogP contribution in [0.2, 0.25) is 0 Å². The summed E-state index contributed by atoms with van der Waals surface area (Å²) in [6.07, 6.45) is 5.35. The SMILES string of the molecule is C#Cc1ccccc1OCc1ncc(-c2nnc(C(F)F)o2)cn1. The minimum absolute atomic E-state index is 0.0737. The lowest BCUT2D eigenvalue weighted by molar-refractivity contribution is 0.116. The molecule has 0 aliphatic carbocycles. The Kier molecular flexibility index (Phi) is 4.43. The van der Waals surface area contributed by atoms with Crippen molar-refractivity contribution >= 4 is 0 Å². The molecule has 0 N–H and O–H groups in total. The zero-order valence-electron chi connectivity index (χ0n) is 12.2. The van der Waals surface area contributed by atoms with Crippen molar-refractivity contribution in [2.24, 2.45) is 0 Å². The number of hydrogen-bond acceptors (Lipinski definition) is 6. The van der Waals surface area contributed by atoms with Crippen molar-refractivity contribution in [1.29, 1.82) is 0 Å². The fraction of sp³-hybridized carbons (Fsp3) is 0.125. The van der Waals surface area contributed by atoms with E-state index in [0.29, 0.717) is 22.7 Å². The van der Waals surface area contributed by atoms with Crippen LogP contribution in [0.3, 0.4) is 0 Å². The first-order valence-corrected chi connectivity index (χ1v) is 6.78. The molecule has 6 nitrogen and oxygen atoms in total. The molecule has 0 aliphatic rings. The van der Waals surface area contributed by atoms with Gasteiger partial charge in [0, 0.05) is 12.4 Å². The van der Waals surface area contributed by atoms with Crippen LogP contribution in [0.5, 0.6) is 5.75 Å². The lowest BCUT2D eigenvalue weighted by Gasteiger charge is -2.07. The monoisotopic (exact) mass is 328 g/mol. The van der Waals surface area contributed by atoms with Gasteiger partial charge in [-0.15, -0.1) is 16.6 Å². The van der Waals surface area contributed by atoms with Crippen molar-refractivity contribution in [3.8, 4) is 29.5 Å². The summed E-state index contributed by atoms with van der Waals surface area (Å²) in [7, 11) is 0. The van der Waals surface area contributed by atoms with E-state index >= 15 is 0 Å². The van der Waals surface area contributed by atoms with Crippen molar-refractivity contribution < 1.29 is 17.9 Å². The van der Waals surface area contributed by atoms with Crippen molar-refractivity contribution in [1.82, 2.24) is 20.2 Å². The predicted molar refractivity (Wildman–Crippen MR) is 79.0 cm³/mol. The number of halogens is 2. The fourth-order valence-electron chi connectivity index (χ4n) is 1.83. The van der Waals surface area contributed by atoms with Crippen LogP contribution in [-0.2, 0) is 6.61 Å². The molecule has 0 unspecified atom stereocenters. The Morgan fingerprint density at radius 2 is 1.92 bits per heavy atom. The van der Waals surface area contributed by atoms with Gasteiger partial charge in [-0.25, -0.2) is 9.97 Å². The Morgan fingerprint density at radius 1 is 1.17 bits per heavy atom. The van der Waals surface area contributed by atoms with E-state index in [2.05, 4.69) is 26.1 Å². The standard InChI is InChI=1S/C16H10F2N4O2/c1-2-10-5-3-4-6-12(10)23-9-13-19-7-11(8-20-13)15-21-22-16(24-15)14(17)18/h1,3-8,14H,9H2. The molecule has 0 bridgehead atoms. The van der Waals surface area contributed by atoms with Crippen LogP contribution in [0, 0.1) is 12.3 Å². The predicted octanol–water partition coefficient (Wildman–Crippen LogP) is 3.02. The molecule has 3 aromatic rings. The Balaban J connectivity index is 1.69. The van der Waals surface area contributed by atoms with E-state index in [1.54, 1.807) is 18.2 Å². The molecule has 8 heteroatoms. The van der Waals surface area contributed by atoms with Gasteiger partial charge in [0.1, 0.15) is 12.4 Å². The Hall–Kier alpha value is -3.34. The molecule has 0 saturated heterocycles. The number of aromatic nitrogens is 4. The normalized spacial score (nSPS) is 10.6. The third-order valence-electron chi connectivity index (χ3n) is 2.98. The van der Waals surface area contributed by atoms with Gasteiger partial charge in [0.25, 0.3) is 11.8 Å². The van der Waals surface area contributed by atoms with Crippen molar-refractivity contribution in [2.75, 3.05) is 0 Å². The summed E-state index contributed by atoms with van der Waals surface area (Å²) in [6, 6.07) is 7.12. The lowest BCUT2D eigenvalue weighted by atomic mass is 10.2. The first kappa shape index (κ1) is 15.6. The highest BCUT2D eigenvalue weighted by Gasteiger charge is 2.17. The minimum atomic E-state index is -2.82. The second-order valence-corrected chi connectivity index (χ2v) is 4.56. The number of rotatable bonds is 5. The maximum absolute atomic E-state index is 12.4. The van der Waals surface area contributed by atoms with E-state index in [-0.39, 0.29) is 12.5 Å². The highest BCUT2D eigenvalue weighted by atomic mass is 19.3. The maximum atomic E-state index is 12.4. The molecule has 0 fully saturated rings. The van der Waals surface area contributed by atoms with Crippen LogP contribution in [-0.4, -0.2) is 20.2 Å². The number of nitrogens with zero attached hydrogens (tertiary/aromatic N) is 4. The quantitative estimate of drug-likeness (QED) is 0.670. The molecule has 120 valence electrons. The number of ether oxygens (including phenoxy) is 1. The minimum Gasteiger partial charge on any atom is -0.484 e. The fourth-order valence-corrected chi connectivity index (χ4v) is 1.83. The van der Waals surface area contributed by atoms with Crippen LogP contribution in [0.25, 0.3) is 11.5 Å². The van der Waals surface area contributed by atoms with Gasteiger partial charge >= 0.3 is 6.43 Å². The summed E-state index contributed by atoms with van der Waals surface area (Å²) in [6.45, 7) is 0.102. The van der Waals surface area contributed by atoms with Crippen LogP contribution < -0.4 is 4.74 Å². The lowest BCUT2D eigenvalue weighted by Crippen LogP contribution is -2.02. The molecule has 0 amide bonds. The van der Waals surface area contributed by atoms with E-state index in [1.165, 1.54) is 12.4 Å². The summed E-state index contributed by atoms with van der Waals surface area (Å²) < 4.78 is 35.3. The number of terminal acetylenes is 1. The average molecular weight is 328 g/mol. The van der Waals surface area contributed by atoms with E-state index in [1.807, 2.05) is 6.07 Å². The van der Waals surface area contributed by atoms with Gasteiger partial charge in [-0.05, 0) is 12.1 Å². The summed E-state index contributed by atoms with van der Waals surface area (Å²) in [4.78, 5) is 8.15. The molecule has 1 aromatic carbocycles. The first-order valence-electron chi connectivity index (χ1n) is 6.78. The molecule has 0 atom stereocenters. The molecule has 0 saturated carbocycles. The number of hydrogen-bond donors (Lipinski definition) is 0. The first-order chi connectivity index (χ1) is 11.7. The topological polar surface area (TPSA) is 73.9 Å². The summed E-state index contributed by atoms with van der Waals surface area (Å²) in [5.74, 6) is 2.63. The van der Waals surface area contributed by atoms with E-state index < -0.39 is 12.3 Å². The van der Waals surface area contributed by atoms with Gasteiger partial charge < -0.3 is 9.15 Å². The number of alkyl halides is 2. The zero-order chi connectivity index (χ0) is 16.9. The van der Waals surface area contributed by atoms with Crippen LogP contribution in [0.15, 0.2) is 41.1 Å². The Morgan fingerprint density at radius 3 is 2.58 bits per heavy atom. The summed E-state index contributed by atoms with van der Waals surface area (Å²) in [5, 5.41) is 6.77. The maximum Gasteiger partial charge on any atom is 0.314 e. The molecule has 2 aromatic heterocycles. The highest BCUT2D eigenvalue weighted by Crippen LogP contribution is 2.22. The third kappa shape index (κ3) is 3.35. The second kappa shape index (κ2) is 6.83. The molecule has 0 radical (unpaired) electrons. The van der Waals surface area contributed by atoms with E-state index in [9.17, 15) is 8.78 Å². The molecule has 0 spiro atoms. The number of benzene rings is 1. The van der Waals surface area contributed by atoms with Crippen molar-refractivity contribution in [3.63, 3.8) is 0 Å². The van der Waals surface area contributed by atoms with Gasteiger partial charge in [-0.1, -0.05) is 18.1 Å². The summed E-state index contributed by atoms with van der Waals surface area (Å²) >= 11 is 0. The Bertz CT molecular complexity index is 872. The molecular weight excluding hydrogens is 318 g/mol. The highest BCUT2D eigenvalue weighted by molar-refractivity contribution is 5.48. The molecule has 0 aliphatic heterocycles. The van der Waals surface area contributed by atoms with E-state index in [4.69, 9.17) is 15.6 Å². The smallest absolute Gasteiger partial charge is 0.314 e. The van der Waals surface area contributed by atoms with Crippen LogP contribution in [0.4, 0.5) is 8.78 Å². The second-order valence-electron chi connectivity index (χ2n) is 4.56. The molecule has 24 heavy (non-hydrogen) atoms. The third-order valence-corrected chi connectivity index (χ3v) is 2.98. The zero-order valence-corrected chi connectivity index (χ0v) is 12.2.